The van der Waals surface area contributed by atoms with E-state index in [0.717, 1.165) is 41.1 Å². The second kappa shape index (κ2) is 29.2. The Kier molecular flexibility index (Phi) is 23.5. The molecule has 6 amide bonds. The molecule has 6 rings (SSSR count). The molecule has 4 heterocycles. The molecule has 6 N–H and O–H groups in total. The number of nitrogens with zero attached hydrogens (tertiary/aromatic N) is 3. The molecule has 74 heavy (non-hydrogen) atoms. The Balaban J connectivity index is 0.000000323. The van der Waals surface area contributed by atoms with Crippen LogP contribution in [0.25, 0.3) is 22.3 Å². The predicted molar refractivity (Wildman–Crippen MR) is 275 cm³/mol. The van der Waals surface area contributed by atoms with Crippen molar-refractivity contribution in [2.24, 2.45) is 5.92 Å². The summed E-state index contributed by atoms with van der Waals surface area (Å²) in [7, 11) is 4.91. The zero-order valence-corrected chi connectivity index (χ0v) is 43.7. The minimum absolute atomic E-state index is 0.0429. The predicted octanol–water partition coefficient (Wildman–Crippen LogP) is 2.65. The van der Waals surface area contributed by atoms with E-state index in [1.807, 2.05) is 26.8 Å². The Morgan fingerprint density at radius 1 is 0.905 bits per heavy atom. The molecule has 21 heteroatoms. The molecule has 3 unspecified atom stereocenters. The van der Waals surface area contributed by atoms with E-state index in [9.17, 15) is 47.9 Å². The largest absolute Gasteiger partial charge is 0.380 e. The van der Waals surface area contributed by atoms with Gasteiger partial charge in [-0.25, -0.2) is 9.37 Å². The van der Waals surface area contributed by atoms with Crippen LogP contribution in [0.5, 0.6) is 0 Å². The fraction of sp³-hybridized carbons (Fsp3) is 0.528. The molecule has 0 fully saturated rings. The van der Waals surface area contributed by atoms with Crippen molar-refractivity contribution in [1.82, 2.24) is 46.4 Å². The van der Waals surface area contributed by atoms with E-state index in [-0.39, 0.29) is 104 Å². The van der Waals surface area contributed by atoms with Crippen molar-refractivity contribution in [2.75, 3.05) is 47.4 Å². The van der Waals surface area contributed by atoms with Gasteiger partial charge in [-0.1, -0.05) is 27.2 Å². The van der Waals surface area contributed by atoms with Crippen LogP contribution < -0.4 is 37.5 Å². The number of carbonyl (C=O) groups excluding carboxylic acids is 9. The molecule has 1 aliphatic carbocycles. The molecule has 0 bridgehead atoms. The second-order valence-electron chi connectivity index (χ2n) is 18.7. The number of imide groups is 1. The number of benzene rings is 1. The molecule has 2 aliphatic heterocycles. The van der Waals surface area contributed by atoms with Crippen LogP contribution in [0.15, 0.2) is 29.1 Å². The first-order chi connectivity index (χ1) is 35.4. The Morgan fingerprint density at radius 3 is 2.22 bits per heavy atom. The van der Waals surface area contributed by atoms with E-state index in [1.165, 1.54) is 30.2 Å². The van der Waals surface area contributed by atoms with E-state index in [2.05, 4.69) is 31.9 Å². The summed E-state index contributed by atoms with van der Waals surface area (Å²) in [5.41, 5.74) is 5.52. The highest BCUT2D eigenvalue weighted by atomic mass is 19.1. The summed E-state index contributed by atoms with van der Waals surface area (Å²) in [6.07, 6.45) is 9.60. The van der Waals surface area contributed by atoms with Crippen LogP contribution in [0.2, 0.25) is 0 Å². The number of hydrogen-bond donors (Lipinski definition) is 6. The zero-order valence-electron chi connectivity index (χ0n) is 43.7. The van der Waals surface area contributed by atoms with E-state index >= 15 is 4.39 Å². The average molecular weight is 1030 g/mol. The summed E-state index contributed by atoms with van der Waals surface area (Å²) >= 11 is 0. The van der Waals surface area contributed by atoms with Crippen LogP contribution in [-0.2, 0) is 67.5 Å². The lowest BCUT2D eigenvalue weighted by atomic mass is 9.81. The second-order valence-corrected chi connectivity index (χ2v) is 18.7. The Hall–Kier alpha value is -6.84. The number of pyridine rings is 2. The lowest BCUT2D eigenvalue weighted by Gasteiger charge is -2.30. The molecule has 0 saturated carbocycles. The number of rotatable bonds is 25. The van der Waals surface area contributed by atoms with E-state index < -0.39 is 5.92 Å². The molecule has 0 radical (unpaired) electrons. The third-order valence-corrected chi connectivity index (χ3v) is 13.2. The molecular formula is C53H72FN9O11. The summed E-state index contributed by atoms with van der Waals surface area (Å²) in [6, 6.07) is 2.23. The molecule has 0 saturated heterocycles. The number of halogens is 1. The minimum Gasteiger partial charge on any atom is -0.380 e. The third-order valence-electron chi connectivity index (χ3n) is 13.2. The SMILES string of the molecule is CCC(C=O)c1cc2n(c(=O)c1COC)Cc1c-2nc2cc(F)c(C)c3c2c1C(NC(=O)CCCNC(=O)[C@H](C)NC)CC3.CNCC(=O)NC(C=O)C(C)C.O=CCNC(=O)CCCCCN1C(=O)C=CC1=O. The van der Waals surface area contributed by atoms with Crippen molar-refractivity contribution in [1.29, 1.82) is 0 Å². The van der Waals surface area contributed by atoms with Gasteiger partial charge in [-0.3, -0.25) is 38.5 Å². The van der Waals surface area contributed by atoms with Gasteiger partial charge >= 0.3 is 0 Å². The maximum atomic E-state index is 15.1. The molecule has 3 aliphatic rings. The minimum atomic E-state index is -0.480. The molecule has 20 nitrogen and oxygen atoms in total. The topological polar surface area (TPSA) is 273 Å². The van der Waals surface area contributed by atoms with Crippen molar-refractivity contribution < 1.29 is 52.3 Å². The first-order valence-electron chi connectivity index (χ1n) is 25.1. The van der Waals surface area contributed by atoms with Gasteiger partial charge in [0.2, 0.25) is 23.6 Å². The average Bonchev–Trinajstić information content (AvgIpc) is 3.91. The van der Waals surface area contributed by atoms with Gasteiger partial charge in [0.15, 0.2) is 0 Å². The molecular weight excluding hydrogens is 958 g/mol. The number of nitrogens with one attached hydrogen (secondary N) is 6. The number of aromatic nitrogens is 2. The number of carbonyl (C=O) groups is 9. The molecule has 2 aromatic heterocycles. The quantitative estimate of drug-likeness (QED) is 0.0317. The summed E-state index contributed by atoms with van der Waals surface area (Å²) in [5.74, 6) is -1.82. The maximum Gasteiger partial charge on any atom is 0.257 e. The number of aryl methyl sites for hydroxylation is 1. The zero-order chi connectivity index (χ0) is 54.6. The van der Waals surface area contributed by atoms with Gasteiger partial charge in [0.1, 0.15) is 24.7 Å². The standard InChI is InChI=1S/C33H40FN5O5.C12H16N2O4.C8H16N2O2/c1-6-19(15-40)21-12-27-31-22(14-39(27)33(43)23(21)16-44-5)30-25(37-28(41)8-7-11-36-32(42)18(3)35-4)10-9-20-17(2)24(34)13-26(38-31)29(20)30;15-9-7-13-10(16)4-2-1-3-8-14-11(17)5-6-12(14)18;1-6(2)7(5-11)10-8(12)4-9-3/h12-13,15,18-19,25,35H,6-11,14,16H2,1-5H3,(H,36,42)(H,37,41);5-6,9H,1-4,7-8H2,(H,13,16);5-7,9H,4H2,1-3H3,(H,10,12)/t18-,19?,25?;;/m0../s1. The number of aldehydes is 3. The number of unbranched alkanes of at least 4 members (excludes halogenated alkanes) is 2. The van der Waals surface area contributed by atoms with Crippen LogP contribution in [0.4, 0.5) is 4.39 Å². The maximum absolute atomic E-state index is 15.1. The molecule has 1 aromatic carbocycles. The van der Waals surface area contributed by atoms with Crippen LogP contribution in [0, 0.1) is 18.7 Å². The van der Waals surface area contributed by atoms with E-state index in [0.29, 0.717) is 97.9 Å². The highest BCUT2D eigenvalue weighted by Gasteiger charge is 2.35. The fourth-order valence-electron chi connectivity index (χ4n) is 8.91. The summed E-state index contributed by atoms with van der Waals surface area (Å²) in [5, 5.41) is 17.5. The molecule has 4 atom stereocenters. The van der Waals surface area contributed by atoms with Gasteiger partial charge in [-0.2, -0.15) is 0 Å². The smallest absolute Gasteiger partial charge is 0.257 e. The fourth-order valence-corrected chi connectivity index (χ4v) is 8.91. The Bertz CT molecular complexity index is 2630. The molecule has 0 spiro atoms. The lowest BCUT2D eigenvalue weighted by molar-refractivity contribution is -0.137. The van der Waals surface area contributed by atoms with Crippen LogP contribution in [0.3, 0.4) is 0 Å². The van der Waals surface area contributed by atoms with E-state index in [4.69, 9.17) is 9.72 Å². The van der Waals surface area contributed by atoms with Crippen molar-refractivity contribution in [3.63, 3.8) is 0 Å². The van der Waals surface area contributed by atoms with Gasteiger partial charge in [0, 0.05) is 73.7 Å². The third kappa shape index (κ3) is 15.4. The van der Waals surface area contributed by atoms with Crippen LogP contribution in [0.1, 0.15) is 124 Å². The Labute approximate surface area is 430 Å². The van der Waals surface area contributed by atoms with Crippen LogP contribution >= 0.6 is 0 Å². The van der Waals surface area contributed by atoms with Crippen molar-refractivity contribution in [2.45, 2.75) is 130 Å². The summed E-state index contributed by atoms with van der Waals surface area (Å²) in [6.45, 7) is 10.6. The van der Waals surface area contributed by atoms with Crippen LogP contribution in [-0.4, -0.2) is 128 Å². The van der Waals surface area contributed by atoms with E-state index in [1.54, 1.807) is 32.5 Å². The van der Waals surface area contributed by atoms with Gasteiger partial charge < -0.3 is 55.6 Å². The normalized spacial score (nSPS) is 15.2. The first kappa shape index (κ1) is 59.7. The van der Waals surface area contributed by atoms with Crippen molar-refractivity contribution in [3.8, 4) is 11.4 Å². The number of methoxy groups -OCH3 is 1. The Morgan fingerprint density at radius 2 is 1.61 bits per heavy atom. The number of fused-ring (bicyclic) bond motifs is 4. The van der Waals surface area contributed by atoms with Gasteiger partial charge in [0.05, 0.1) is 61.3 Å². The monoisotopic (exact) mass is 1030 g/mol. The lowest BCUT2D eigenvalue weighted by Crippen LogP contribution is -2.43. The van der Waals surface area contributed by atoms with Gasteiger partial charge in [-0.15, -0.1) is 0 Å². The summed E-state index contributed by atoms with van der Waals surface area (Å²) in [4.78, 5) is 122. The molecule has 3 aromatic rings. The summed E-state index contributed by atoms with van der Waals surface area (Å²) < 4.78 is 22.1. The first-order valence-corrected chi connectivity index (χ1v) is 25.1. The highest BCUT2D eigenvalue weighted by Crippen LogP contribution is 2.45. The van der Waals surface area contributed by atoms with Gasteiger partial charge in [-0.05, 0) is 101 Å². The number of ether oxygens (including phenoxy) is 1. The molecule has 402 valence electrons. The number of amides is 6. The number of hydrogen-bond acceptors (Lipinski definition) is 14. The number of likely N-dealkylation sites (N-methyl/N-ethyl adjacent to an activating group) is 2. The van der Waals surface area contributed by atoms with Gasteiger partial charge in [0.25, 0.3) is 17.4 Å². The van der Waals surface area contributed by atoms with Crippen molar-refractivity contribution in [3.05, 3.63) is 73.8 Å². The highest BCUT2D eigenvalue weighted by molar-refractivity contribution is 6.12. The van der Waals surface area contributed by atoms with Crippen molar-refractivity contribution >= 4 is 65.2 Å².